The van der Waals surface area contributed by atoms with Crippen LogP contribution >= 0.6 is 27.7 Å². The summed E-state index contributed by atoms with van der Waals surface area (Å²) in [6, 6.07) is 17.8. The number of carbonyl (C=O) groups is 1. The summed E-state index contributed by atoms with van der Waals surface area (Å²) >= 11 is 4.98. The molecule has 1 N–H and O–H groups in total. The minimum absolute atomic E-state index is 0.173. The Morgan fingerprint density at radius 3 is 2.76 bits per heavy atom. The minimum atomic E-state index is -0.173. The van der Waals surface area contributed by atoms with E-state index >= 15 is 0 Å². The average molecular weight is 473 g/mol. The van der Waals surface area contributed by atoms with Crippen molar-refractivity contribution in [1.29, 1.82) is 0 Å². The smallest absolute Gasteiger partial charge is 0.250 e. The molecule has 150 valence electrons. The van der Waals surface area contributed by atoms with Crippen LogP contribution in [0.2, 0.25) is 0 Å². The first-order chi connectivity index (χ1) is 14.1. The maximum Gasteiger partial charge on any atom is 0.250 e. The minimum Gasteiger partial charge on any atom is -0.493 e. The van der Waals surface area contributed by atoms with E-state index in [-0.39, 0.29) is 11.7 Å². The van der Waals surface area contributed by atoms with Gasteiger partial charge in [-0.25, -0.2) is 5.43 Å². The number of hydrazone groups is 1. The fourth-order valence-electron chi connectivity index (χ4n) is 2.75. The summed E-state index contributed by atoms with van der Waals surface area (Å²) in [6.07, 6.45) is 1.57. The zero-order valence-corrected chi connectivity index (χ0v) is 18.5. The molecule has 29 heavy (non-hydrogen) atoms. The maximum atomic E-state index is 12.2. The predicted molar refractivity (Wildman–Crippen MR) is 122 cm³/mol. The van der Waals surface area contributed by atoms with E-state index in [2.05, 4.69) is 44.7 Å². The van der Waals surface area contributed by atoms with Gasteiger partial charge in [-0.3, -0.25) is 4.79 Å². The van der Waals surface area contributed by atoms with Gasteiger partial charge in [0.1, 0.15) is 0 Å². The maximum absolute atomic E-state index is 12.2. The molecule has 0 bridgehead atoms. The third kappa shape index (κ3) is 5.52. The first kappa shape index (κ1) is 21.2. The van der Waals surface area contributed by atoms with Crippen molar-refractivity contribution in [3.8, 4) is 11.5 Å². The molecule has 0 atom stereocenters. The van der Waals surface area contributed by atoms with Crippen LogP contribution in [0.3, 0.4) is 0 Å². The van der Waals surface area contributed by atoms with Crippen LogP contribution < -0.4 is 14.9 Å². The Kier molecular flexibility index (Phi) is 7.55. The van der Waals surface area contributed by atoms with E-state index in [4.69, 9.17) is 9.47 Å². The summed E-state index contributed by atoms with van der Waals surface area (Å²) in [7, 11) is 1.58. The van der Waals surface area contributed by atoms with Crippen molar-refractivity contribution >= 4 is 50.6 Å². The Balaban J connectivity index is 1.61. The number of ether oxygens (including phenoxy) is 2. The summed E-state index contributed by atoms with van der Waals surface area (Å²) in [5, 5.41) is 6.36. The van der Waals surface area contributed by atoms with Gasteiger partial charge >= 0.3 is 0 Å². The van der Waals surface area contributed by atoms with E-state index in [1.807, 2.05) is 37.3 Å². The number of fused-ring (bicyclic) bond motifs is 1. The van der Waals surface area contributed by atoms with Crippen LogP contribution in [-0.4, -0.2) is 31.6 Å². The van der Waals surface area contributed by atoms with Crippen LogP contribution in [0.1, 0.15) is 12.5 Å². The highest BCUT2D eigenvalue weighted by atomic mass is 79.9. The van der Waals surface area contributed by atoms with Crippen molar-refractivity contribution < 1.29 is 14.3 Å². The SMILES string of the molecule is CCOc1cc(Br)c(/C=N\NC(=O)CSc2cccc3ccccc23)cc1OC. The normalized spacial score (nSPS) is 11.0. The van der Waals surface area contributed by atoms with Gasteiger partial charge in [0, 0.05) is 14.9 Å². The molecule has 0 radical (unpaired) electrons. The zero-order chi connectivity index (χ0) is 20.6. The van der Waals surface area contributed by atoms with Gasteiger partial charge in [-0.2, -0.15) is 5.10 Å². The molecule has 7 heteroatoms. The van der Waals surface area contributed by atoms with Gasteiger partial charge in [0.2, 0.25) is 5.91 Å². The van der Waals surface area contributed by atoms with Crippen LogP contribution in [0, 0.1) is 0 Å². The van der Waals surface area contributed by atoms with Gasteiger partial charge in [0.15, 0.2) is 11.5 Å². The molecule has 3 aromatic carbocycles. The van der Waals surface area contributed by atoms with Crippen molar-refractivity contribution in [3.05, 3.63) is 64.6 Å². The van der Waals surface area contributed by atoms with Crippen LogP contribution in [0.5, 0.6) is 11.5 Å². The lowest BCUT2D eigenvalue weighted by molar-refractivity contribution is -0.118. The van der Waals surface area contributed by atoms with Crippen molar-refractivity contribution in [2.75, 3.05) is 19.5 Å². The highest BCUT2D eigenvalue weighted by molar-refractivity contribution is 9.10. The average Bonchev–Trinajstić information content (AvgIpc) is 2.74. The van der Waals surface area contributed by atoms with Gasteiger partial charge in [-0.15, -0.1) is 11.8 Å². The summed E-state index contributed by atoms with van der Waals surface area (Å²) < 4.78 is 11.7. The highest BCUT2D eigenvalue weighted by Gasteiger charge is 2.09. The van der Waals surface area contributed by atoms with E-state index in [1.54, 1.807) is 19.4 Å². The molecule has 3 aromatic rings. The summed E-state index contributed by atoms with van der Waals surface area (Å²) in [5.74, 6) is 1.36. The number of hydrogen-bond acceptors (Lipinski definition) is 5. The lowest BCUT2D eigenvalue weighted by atomic mass is 10.1. The monoisotopic (exact) mass is 472 g/mol. The van der Waals surface area contributed by atoms with Crippen molar-refractivity contribution in [3.63, 3.8) is 0 Å². The molecular formula is C22H21BrN2O3S. The predicted octanol–water partition coefficient (Wildman–Crippen LogP) is 5.25. The van der Waals surface area contributed by atoms with Crippen molar-refractivity contribution in [1.82, 2.24) is 5.43 Å². The molecule has 0 aliphatic heterocycles. The van der Waals surface area contributed by atoms with E-state index in [1.165, 1.54) is 11.8 Å². The molecular weight excluding hydrogens is 452 g/mol. The fourth-order valence-corrected chi connectivity index (χ4v) is 4.04. The number of nitrogens with zero attached hydrogens (tertiary/aromatic N) is 1. The Morgan fingerprint density at radius 2 is 1.97 bits per heavy atom. The number of amides is 1. The lowest BCUT2D eigenvalue weighted by Crippen LogP contribution is -2.19. The molecule has 0 aliphatic carbocycles. The van der Waals surface area contributed by atoms with Gasteiger partial charge < -0.3 is 9.47 Å². The molecule has 0 aliphatic rings. The molecule has 0 fully saturated rings. The Morgan fingerprint density at radius 1 is 1.17 bits per heavy atom. The number of rotatable bonds is 8. The Hall–Kier alpha value is -2.51. The second-order valence-corrected chi connectivity index (χ2v) is 7.89. The molecule has 1 amide bonds. The highest BCUT2D eigenvalue weighted by Crippen LogP contribution is 2.33. The fraction of sp³-hybridized carbons (Fsp3) is 0.182. The van der Waals surface area contributed by atoms with Crippen molar-refractivity contribution in [2.24, 2.45) is 5.10 Å². The topological polar surface area (TPSA) is 59.9 Å². The number of carbonyl (C=O) groups excluding carboxylic acids is 1. The van der Waals surface area contributed by atoms with Gasteiger partial charge in [0.25, 0.3) is 0 Å². The molecule has 3 rings (SSSR count). The second kappa shape index (κ2) is 10.3. The number of methoxy groups -OCH3 is 1. The van der Waals surface area contributed by atoms with E-state index in [0.717, 1.165) is 25.7 Å². The molecule has 0 heterocycles. The molecule has 0 spiro atoms. The molecule has 0 saturated heterocycles. The first-order valence-electron chi connectivity index (χ1n) is 9.05. The largest absolute Gasteiger partial charge is 0.493 e. The summed E-state index contributed by atoms with van der Waals surface area (Å²) in [4.78, 5) is 13.3. The summed E-state index contributed by atoms with van der Waals surface area (Å²) in [5.41, 5.74) is 3.34. The molecule has 0 aromatic heterocycles. The molecule has 0 unspecified atom stereocenters. The quantitative estimate of drug-likeness (QED) is 0.276. The van der Waals surface area contributed by atoms with E-state index < -0.39 is 0 Å². The number of nitrogens with one attached hydrogen (secondary N) is 1. The first-order valence-corrected chi connectivity index (χ1v) is 10.8. The Bertz CT molecular complexity index is 1030. The van der Waals surface area contributed by atoms with Gasteiger partial charge in [-0.05, 0) is 51.8 Å². The van der Waals surface area contributed by atoms with Crippen molar-refractivity contribution in [2.45, 2.75) is 11.8 Å². The number of thioether (sulfide) groups is 1. The number of halogens is 1. The standard InChI is InChI=1S/C22H21BrN2O3S/c1-3-28-20-12-18(23)16(11-19(20)27-2)13-24-25-22(26)14-29-21-10-6-8-15-7-4-5-9-17(15)21/h4-13H,3,14H2,1-2H3,(H,25,26)/b24-13-. The third-order valence-electron chi connectivity index (χ3n) is 4.08. The van der Waals surface area contributed by atoms with Gasteiger partial charge in [0.05, 0.1) is 25.7 Å². The van der Waals surface area contributed by atoms with E-state index in [9.17, 15) is 4.79 Å². The number of hydrogen-bond donors (Lipinski definition) is 1. The molecule has 5 nitrogen and oxygen atoms in total. The third-order valence-corrected chi connectivity index (χ3v) is 5.84. The van der Waals surface area contributed by atoms with Gasteiger partial charge in [-0.1, -0.05) is 36.4 Å². The van der Waals surface area contributed by atoms with E-state index in [0.29, 0.717) is 18.1 Å². The zero-order valence-electron chi connectivity index (χ0n) is 16.1. The summed E-state index contributed by atoms with van der Waals surface area (Å²) in [6.45, 7) is 2.45. The van der Waals surface area contributed by atoms with Crippen LogP contribution in [0.25, 0.3) is 10.8 Å². The Labute approximate surface area is 182 Å². The molecule has 0 saturated carbocycles. The van der Waals surface area contributed by atoms with Crippen LogP contribution in [0.4, 0.5) is 0 Å². The van der Waals surface area contributed by atoms with Crippen LogP contribution in [-0.2, 0) is 4.79 Å². The van der Waals surface area contributed by atoms with Crippen LogP contribution in [0.15, 0.2) is 69.1 Å². The second-order valence-electron chi connectivity index (χ2n) is 6.02. The lowest BCUT2D eigenvalue weighted by Gasteiger charge is -2.11. The number of benzene rings is 3.